The van der Waals surface area contributed by atoms with E-state index in [0.29, 0.717) is 43.4 Å². The maximum Gasteiger partial charge on any atom is 0.490 e. The van der Waals surface area contributed by atoms with Crippen molar-refractivity contribution in [2.24, 2.45) is 11.8 Å². The van der Waals surface area contributed by atoms with Gasteiger partial charge in [0.05, 0.1) is 16.1 Å². The van der Waals surface area contributed by atoms with Crippen LogP contribution in [-0.4, -0.2) is 73.5 Å². The van der Waals surface area contributed by atoms with Gasteiger partial charge in [0.15, 0.2) is 0 Å². The number of halogens is 7. The zero-order valence-electron chi connectivity index (χ0n) is 28.3. The molecule has 1 fully saturated rings. The van der Waals surface area contributed by atoms with Gasteiger partial charge in [0, 0.05) is 31.6 Å². The maximum absolute atomic E-state index is 13.1. The van der Waals surface area contributed by atoms with E-state index in [0.717, 1.165) is 48.7 Å². The van der Waals surface area contributed by atoms with Gasteiger partial charge in [-0.25, -0.2) is 27.7 Å². The van der Waals surface area contributed by atoms with Gasteiger partial charge in [-0.05, 0) is 88.6 Å². The number of para-hydroxylation sites is 1. The second-order valence-electron chi connectivity index (χ2n) is 12.8. The molecule has 0 atom stereocenters. The molecule has 0 saturated heterocycles. The molecule has 2 aromatic carbocycles. The molecular formula is C32H39ClF6N6O6S. The Bertz CT molecular complexity index is 1800. The van der Waals surface area contributed by atoms with Crippen LogP contribution in [0.25, 0.3) is 10.9 Å². The molecule has 52 heavy (non-hydrogen) atoms. The smallest absolute Gasteiger partial charge is 0.475 e. The quantitative estimate of drug-likeness (QED) is 0.100. The maximum atomic E-state index is 13.1. The highest BCUT2D eigenvalue weighted by atomic mass is 35.5. The molecule has 1 aliphatic carbocycles. The first-order valence-corrected chi connectivity index (χ1v) is 17.8. The summed E-state index contributed by atoms with van der Waals surface area (Å²) < 4.78 is 104. The minimum atomic E-state index is -5.08. The number of ether oxygens (including phenoxy) is 1. The Labute approximate surface area is 301 Å². The van der Waals surface area contributed by atoms with Gasteiger partial charge in [-0.2, -0.15) is 31.3 Å². The summed E-state index contributed by atoms with van der Waals surface area (Å²) in [7, 11) is -4.22. The summed E-state index contributed by atoms with van der Waals surface area (Å²) >= 11 is 5.93. The molecule has 5 N–H and O–H groups in total. The Hall–Kier alpha value is -4.10. The van der Waals surface area contributed by atoms with Gasteiger partial charge in [0.2, 0.25) is 16.0 Å². The van der Waals surface area contributed by atoms with E-state index >= 15 is 0 Å². The number of benzene rings is 2. The second-order valence-corrected chi connectivity index (χ2v) is 15.0. The van der Waals surface area contributed by atoms with E-state index in [1.165, 1.54) is 0 Å². The summed E-state index contributed by atoms with van der Waals surface area (Å²) in [5.41, 5.74) is -0.898. The van der Waals surface area contributed by atoms with Crippen LogP contribution in [-0.2, 0) is 25.7 Å². The molecule has 1 aromatic heterocycles. The SMILES string of the molecule is CC(C)(C)OC(=O)NCCNc1nc(NCC2CCC(CNS(=O)(=O)c3cc(C(F)(F)F)ccc3Cl)CC2)nc2ccccc12.O=C(O)C(F)(F)F. The summed E-state index contributed by atoms with van der Waals surface area (Å²) in [6.45, 7) is 6.89. The molecule has 3 aromatic rings. The molecule has 0 bridgehead atoms. The Kier molecular flexibility index (Phi) is 14.3. The highest BCUT2D eigenvalue weighted by Crippen LogP contribution is 2.34. The Morgan fingerprint density at radius 3 is 2.08 bits per heavy atom. The van der Waals surface area contributed by atoms with Gasteiger partial charge in [-0.15, -0.1) is 0 Å². The number of carbonyl (C=O) groups excluding carboxylic acids is 1. The van der Waals surface area contributed by atoms with Gasteiger partial charge in [-0.1, -0.05) is 23.7 Å². The number of amides is 1. The van der Waals surface area contributed by atoms with Crippen molar-refractivity contribution in [2.45, 2.75) is 69.3 Å². The zero-order chi connectivity index (χ0) is 38.9. The number of aromatic nitrogens is 2. The minimum absolute atomic E-state index is 0.0441. The van der Waals surface area contributed by atoms with Gasteiger partial charge in [0.1, 0.15) is 16.3 Å². The highest BCUT2D eigenvalue weighted by Gasteiger charge is 2.38. The molecule has 288 valence electrons. The number of anilines is 2. The predicted molar refractivity (Wildman–Crippen MR) is 182 cm³/mol. The van der Waals surface area contributed by atoms with E-state index < -0.39 is 50.5 Å². The van der Waals surface area contributed by atoms with Crippen LogP contribution < -0.4 is 20.7 Å². The predicted octanol–water partition coefficient (Wildman–Crippen LogP) is 7.07. The summed E-state index contributed by atoms with van der Waals surface area (Å²) in [6.07, 6.45) is -7.09. The molecule has 4 rings (SSSR count). The average Bonchev–Trinajstić information content (AvgIpc) is 3.04. The average molecular weight is 785 g/mol. The topological polar surface area (TPSA) is 172 Å². The molecule has 0 radical (unpaired) electrons. The van der Waals surface area contributed by atoms with Crippen molar-refractivity contribution in [2.75, 3.05) is 36.8 Å². The van der Waals surface area contributed by atoms with Crippen LogP contribution in [0.1, 0.15) is 52.0 Å². The third kappa shape index (κ3) is 13.5. The third-order valence-corrected chi connectivity index (χ3v) is 9.46. The van der Waals surface area contributed by atoms with Gasteiger partial charge in [0.25, 0.3) is 0 Å². The number of alkyl halides is 6. The highest BCUT2D eigenvalue weighted by molar-refractivity contribution is 7.89. The number of alkyl carbamates (subject to hydrolysis) is 1. The number of aliphatic carboxylic acids is 1. The number of carbonyl (C=O) groups is 2. The molecule has 12 nitrogen and oxygen atoms in total. The number of nitrogens with zero attached hydrogens (tertiary/aromatic N) is 2. The van der Waals surface area contributed by atoms with E-state index in [1.54, 1.807) is 20.8 Å². The molecule has 1 heterocycles. The van der Waals surface area contributed by atoms with Crippen LogP contribution in [0.15, 0.2) is 47.4 Å². The van der Waals surface area contributed by atoms with Crippen molar-refractivity contribution in [1.29, 1.82) is 0 Å². The van der Waals surface area contributed by atoms with E-state index in [-0.39, 0.29) is 17.5 Å². The second kappa shape index (κ2) is 17.6. The third-order valence-electron chi connectivity index (χ3n) is 7.56. The summed E-state index contributed by atoms with van der Waals surface area (Å²) in [5, 5.41) is 17.0. The summed E-state index contributed by atoms with van der Waals surface area (Å²) in [4.78, 5) is 29.5. The lowest BCUT2D eigenvalue weighted by Crippen LogP contribution is -2.35. The number of hydrogen-bond donors (Lipinski definition) is 5. The monoisotopic (exact) mass is 784 g/mol. The molecule has 1 amide bonds. The van der Waals surface area contributed by atoms with Gasteiger partial charge in [-0.3, -0.25) is 0 Å². The van der Waals surface area contributed by atoms with Crippen molar-refractivity contribution in [3.05, 3.63) is 53.1 Å². The first kappa shape index (κ1) is 42.3. The molecule has 20 heteroatoms. The van der Waals surface area contributed by atoms with Crippen molar-refractivity contribution in [3.8, 4) is 0 Å². The molecule has 0 spiro atoms. The number of carboxylic acids is 1. The van der Waals surface area contributed by atoms with Crippen LogP contribution >= 0.6 is 11.6 Å². The number of sulfonamides is 1. The lowest BCUT2D eigenvalue weighted by Gasteiger charge is -2.28. The zero-order valence-corrected chi connectivity index (χ0v) is 29.9. The fraction of sp³-hybridized carbons (Fsp3) is 0.500. The van der Waals surface area contributed by atoms with Crippen molar-refractivity contribution in [1.82, 2.24) is 20.0 Å². The van der Waals surface area contributed by atoms with Gasteiger partial charge < -0.3 is 25.8 Å². The summed E-state index contributed by atoms with van der Waals surface area (Å²) in [5.74, 6) is -1.31. The van der Waals surface area contributed by atoms with Crippen molar-refractivity contribution >= 4 is 56.4 Å². The van der Waals surface area contributed by atoms with E-state index in [4.69, 9.17) is 26.2 Å². The van der Waals surface area contributed by atoms with Crippen LogP contribution in [0.4, 0.5) is 42.9 Å². The lowest BCUT2D eigenvalue weighted by atomic mass is 9.82. The fourth-order valence-electron chi connectivity index (χ4n) is 5.02. The van der Waals surface area contributed by atoms with Crippen LogP contribution in [0.2, 0.25) is 5.02 Å². The van der Waals surface area contributed by atoms with Crippen LogP contribution in [0.5, 0.6) is 0 Å². The van der Waals surface area contributed by atoms with E-state index in [2.05, 4.69) is 30.6 Å². The number of carboxylic acid groups (broad SMARTS) is 1. The van der Waals surface area contributed by atoms with Crippen LogP contribution in [0, 0.1) is 11.8 Å². The lowest BCUT2D eigenvalue weighted by molar-refractivity contribution is -0.192. The normalized spacial score (nSPS) is 16.7. The molecule has 0 aliphatic heterocycles. The van der Waals surface area contributed by atoms with Crippen LogP contribution in [0.3, 0.4) is 0 Å². The number of hydrogen-bond acceptors (Lipinski definition) is 9. The Morgan fingerprint density at radius 1 is 0.904 bits per heavy atom. The standard InChI is InChI=1S/C30H38ClF3N6O4S.C2HF3O2/c1-29(2,3)44-28(41)36-15-14-35-26-22-6-4-5-7-24(22)39-27(40-26)37-17-19-8-10-20(11-9-19)18-38-45(42,43)25-16-21(30(32,33)34)12-13-23(25)31;3-2(4,5)1(6)7/h4-7,12-13,16,19-20,38H,8-11,14-15,17-18H2,1-3H3,(H,36,41)(H2,35,37,39,40);(H,6,7). The Morgan fingerprint density at radius 2 is 1.50 bits per heavy atom. The number of rotatable bonds is 11. The number of nitrogens with one attached hydrogen (secondary N) is 4. The van der Waals surface area contributed by atoms with Crippen molar-refractivity contribution < 1.29 is 54.2 Å². The minimum Gasteiger partial charge on any atom is -0.475 e. The van der Waals surface area contributed by atoms with Gasteiger partial charge >= 0.3 is 24.4 Å². The first-order chi connectivity index (χ1) is 24.0. The van der Waals surface area contributed by atoms with Crippen molar-refractivity contribution in [3.63, 3.8) is 0 Å². The molecule has 1 saturated carbocycles. The largest absolute Gasteiger partial charge is 0.490 e. The molecule has 0 unspecified atom stereocenters. The number of fused-ring (bicyclic) bond motifs is 1. The van der Waals surface area contributed by atoms with E-state index in [9.17, 15) is 39.6 Å². The fourth-order valence-corrected chi connectivity index (χ4v) is 6.66. The Balaban J connectivity index is 0.000000944. The summed E-state index contributed by atoms with van der Waals surface area (Å²) in [6, 6.07) is 9.86. The molecule has 1 aliphatic rings. The first-order valence-electron chi connectivity index (χ1n) is 15.9. The van der Waals surface area contributed by atoms with E-state index in [1.807, 2.05) is 24.3 Å². The molecular weight excluding hydrogens is 746 g/mol.